The van der Waals surface area contributed by atoms with E-state index in [0.29, 0.717) is 25.9 Å². The molecular weight excluding hydrogens is 1030 g/mol. The maximum atomic E-state index is 12.6. The molecule has 2 atom stereocenters. The minimum absolute atomic E-state index is 0.0190. The zero-order chi connectivity index (χ0) is 60.6. The van der Waals surface area contributed by atoms with Gasteiger partial charge in [0.05, 0.1) is 25.4 Å². The zero-order valence-corrected chi connectivity index (χ0v) is 57.4. The van der Waals surface area contributed by atoms with E-state index in [1.54, 1.807) is 0 Å². The number of unbranched alkanes of at least 4 members (excludes halogenated alkanes) is 61. The molecular formula is C78H153NO5. The Labute approximate surface area is 527 Å². The number of allylic oxidation sites excluding steroid dienone is 2. The van der Waals surface area contributed by atoms with Crippen LogP contribution >= 0.6 is 0 Å². The number of hydrogen-bond acceptors (Lipinski definition) is 5. The van der Waals surface area contributed by atoms with E-state index in [1.807, 2.05) is 0 Å². The highest BCUT2D eigenvalue weighted by atomic mass is 16.5. The zero-order valence-electron chi connectivity index (χ0n) is 57.4. The Morgan fingerprint density at radius 1 is 0.321 bits per heavy atom. The Balaban J connectivity index is 3.36. The molecule has 0 radical (unpaired) electrons. The number of esters is 1. The fraction of sp³-hybridized carbons (Fsp3) is 0.949. The van der Waals surface area contributed by atoms with Crippen LogP contribution in [0, 0.1) is 0 Å². The average molecular weight is 1190 g/mol. The van der Waals surface area contributed by atoms with Gasteiger partial charge in [-0.1, -0.05) is 398 Å². The third-order valence-electron chi connectivity index (χ3n) is 18.6. The van der Waals surface area contributed by atoms with Gasteiger partial charge in [0.15, 0.2) is 0 Å². The number of rotatable bonds is 74. The van der Waals surface area contributed by atoms with Crippen LogP contribution in [0.15, 0.2) is 12.2 Å². The smallest absolute Gasteiger partial charge is 0.305 e. The molecule has 0 aliphatic rings. The molecule has 3 N–H and O–H groups in total. The van der Waals surface area contributed by atoms with Gasteiger partial charge in [0.2, 0.25) is 5.91 Å². The molecule has 2 unspecified atom stereocenters. The van der Waals surface area contributed by atoms with E-state index >= 15 is 0 Å². The van der Waals surface area contributed by atoms with Crippen molar-refractivity contribution in [2.45, 2.75) is 463 Å². The maximum absolute atomic E-state index is 12.6. The predicted molar refractivity (Wildman–Crippen MR) is 370 cm³/mol. The molecule has 6 nitrogen and oxygen atoms in total. The summed E-state index contributed by atoms with van der Waals surface area (Å²) in [6.45, 7) is 5.01. The summed E-state index contributed by atoms with van der Waals surface area (Å²) >= 11 is 0. The van der Waals surface area contributed by atoms with Gasteiger partial charge < -0.3 is 20.3 Å². The summed E-state index contributed by atoms with van der Waals surface area (Å²) in [5.74, 6) is -0.00826. The number of ether oxygens (including phenoxy) is 1. The van der Waals surface area contributed by atoms with Crippen LogP contribution in [0.4, 0.5) is 0 Å². The van der Waals surface area contributed by atoms with Crippen LogP contribution in [0.3, 0.4) is 0 Å². The van der Waals surface area contributed by atoms with Crippen molar-refractivity contribution in [3.05, 3.63) is 12.2 Å². The summed E-state index contributed by atoms with van der Waals surface area (Å²) in [5, 5.41) is 23.5. The summed E-state index contributed by atoms with van der Waals surface area (Å²) in [4.78, 5) is 24.6. The molecule has 0 spiro atoms. The lowest BCUT2D eigenvalue weighted by Crippen LogP contribution is -2.45. The van der Waals surface area contributed by atoms with Crippen LogP contribution in [-0.2, 0) is 14.3 Å². The van der Waals surface area contributed by atoms with Crippen molar-refractivity contribution in [2.75, 3.05) is 13.2 Å². The summed E-state index contributed by atoms with van der Waals surface area (Å²) in [6, 6.07) is -0.541. The van der Waals surface area contributed by atoms with Gasteiger partial charge in [-0.15, -0.1) is 0 Å². The van der Waals surface area contributed by atoms with Crippen molar-refractivity contribution in [2.24, 2.45) is 0 Å². The van der Waals surface area contributed by atoms with Gasteiger partial charge in [-0.3, -0.25) is 9.59 Å². The molecule has 0 saturated carbocycles. The number of hydrogen-bond donors (Lipinski definition) is 3. The van der Waals surface area contributed by atoms with Crippen LogP contribution in [0.1, 0.15) is 450 Å². The fourth-order valence-electron chi connectivity index (χ4n) is 12.6. The van der Waals surface area contributed by atoms with Gasteiger partial charge in [0.1, 0.15) is 0 Å². The Bertz CT molecular complexity index is 1270. The number of nitrogens with one attached hydrogen (secondary N) is 1. The topological polar surface area (TPSA) is 95.9 Å². The summed E-state index contributed by atoms with van der Waals surface area (Å²) in [5.41, 5.74) is 0. The molecule has 0 saturated heterocycles. The third-order valence-corrected chi connectivity index (χ3v) is 18.6. The van der Waals surface area contributed by atoms with E-state index < -0.39 is 12.1 Å². The van der Waals surface area contributed by atoms with Crippen molar-refractivity contribution in [3.63, 3.8) is 0 Å². The van der Waals surface area contributed by atoms with Crippen molar-refractivity contribution >= 4 is 11.9 Å². The molecule has 84 heavy (non-hydrogen) atoms. The number of carbonyl (C=O) groups excluding carboxylic acids is 2. The Morgan fingerprint density at radius 2 is 0.560 bits per heavy atom. The van der Waals surface area contributed by atoms with Crippen LogP contribution in [0.2, 0.25) is 0 Å². The summed E-state index contributed by atoms with van der Waals surface area (Å²) in [6.07, 6.45) is 93.0. The van der Waals surface area contributed by atoms with Crippen LogP contribution in [0.5, 0.6) is 0 Å². The van der Waals surface area contributed by atoms with E-state index in [1.165, 1.54) is 379 Å². The van der Waals surface area contributed by atoms with E-state index in [9.17, 15) is 19.8 Å². The molecule has 0 aromatic rings. The second-order valence-electron chi connectivity index (χ2n) is 27.0. The first-order valence-corrected chi connectivity index (χ1v) is 38.9. The molecule has 0 heterocycles. The van der Waals surface area contributed by atoms with Gasteiger partial charge in [-0.2, -0.15) is 0 Å². The molecule has 1 amide bonds. The lowest BCUT2D eigenvalue weighted by Gasteiger charge is -2.22. The SMILES string of the molecule is CCCCCCCCCCCCCCCCCCCCCCCCCCCC(O)C(CO)NC(=O)CCCCCCCCCCCCCCCC/C=C\CCCCCCCCCCCCCCOC(=O)CCCCCCCCCCCCCC. The van der Waals surface area contributed by atoms with Gasteiger partial charge in [-0.05, 0) is 51.4 Å². The van der Waals surface area contributed by atoms with Gasteiger partial charge >= 0.3 is 5.97 Å². The molecule has 6 heteroatoms. The third kappa shape index (κ3) is 69.7. The van der Waals surface area contributed by atoms with Crippen molar-refractivity contribution < 1.29 is 24.5 Å². The van der Waals surface area contributed by atoms with Crippen molar-refractivity contribution in [3.8, 4) is 0 Å². The van der Waals surface area contributed by atoms with E-state index in [0.717, 1.165) is 38.5 Å². The van der Waals surface area contributed by atoms with Gasteiger partial charge in [0, 0.05) is 12.8 Å². The highest BCUT2D eigenvalue weighted by molar-refractivity contribution is 5.76. The van der Waals surface area contributed by atoms with Gasteiger partial charge in [-0.25, -0.2) is 0 Å². The second kappa shape index (κ2) is 74.1. The Kier molecular flexibility index (Phi) is 72.8. The van der Waals surface area contributed by atoms with E-state index in [4.69, 9.17) is 4.74 Å². The van der Waals surface area contributed by atoms with Crippen molar-refractivity contribution in [1.82, 2.24) is 5.32 Å². The number of aliphatic hydroxyl groups excluding tert-OH is 2. The first kappa shape index (κ1) is 82.6. The standard InChI is InChI=1S/C78H153NO5/c1-3-5-7-9-11-13-15-17-18-19-20-21-22-29-32-35-38-41-44-47-50-54-58-62-66-70-76(81)75(74-80)79-77(82)71-67-63-59-55-51-48-45-42-39-36-33-30-27-25-23-24-26-28-31-34-37-40-43-46-49-53-57-61-65-69-73-84-78(83)72-68-64-60-56-52-16-14-12-10-8-6-4-2/h24,26,75-76,80-81H,3-23,25,27-74H2,1-2H3,(H,79,82)/b26-24-. The normalized spacial score (nSPS) is 12.5. The number of carbonyl (C=O) groups is 2. The lowest BCUT2D eigenvalue weighted by molar-refractivity contribution is -0.143. The molecule has 0 aliphatic heterocycles. The summed E-state index contributed by atoms with van der Waals surface area (Å²) in [7, 11) is 0. The first-order chi connectivity index (χ1) is 41.5. The molecule has 0 aromatic carbocycles. The number of aliphatic hydroxyl groups is 2. The molecule has 0 aliphatic carbocycles. The largest absolute Gasteiger partial charge is 0.466 e. The highest BCUT2D eigenvalue weighted by Gasteiger charge is 2.20. The molecule has 500 valence electrons. The second-order valence-corrected chi connectivity index (χ2v) is 27.0. The first-order valence-electron chi connectivity index (χ1n) is 38.9. The van der Waals surface area contributed by atoms with Crippen LogP contribution in [0.25, 0.3) is 0 Å². The average Bonchev–Trinajstić information content (AvgIpc) is 3.50. The highest BCUT2D eigenvalue weighted by Crippen LogP contribution is 2.20. The molecule has 0 rings (SSSR count). The Hall–Kier alpha value is -1.40. The van der Waals surface area contributed by atoms with Crippen LogP contribution in [-0.4, -0.2) is 47.4 Å². The van der Waals surface area contributed by atoms with Crippen molar-refractivity contribution in [1.29, 1.82) is 0 Å². The molecule has 0 fully saturated rings. The van der Waals surface area contributed by atoms with Crippen LogP contribution < -0.4 is 5.32 Å². The minimum Gasteiger partial charge on any atom is -0.466 e. The maximum Gasteiger partial charge on any atom is 0.305 e. The quantitative estimate of drug-likeness (QED) is 0.0320. The minimum atomic E-state index is -0.664. The van der Waals surface area contributed by atoms with Gasteiger partial charge in [0.25, 0.3) is 0 Å². The summed E-state index contributed by atoms with van der Waals surface area (Å²) < 4.78 is 5.49. The number of amides is 1. The van der Waals surface area contributed by atoms with E-state index in [-0.39, 0.29) is 18.5 Å². The fourth-order valence-corrected chi connectivity index (χ4v) is 12.6. The van der Waals surface area contributed by atoms with E-state index in [2.05, 4.69) is 31.3 Å². The predicted octanol–water partition coefficient (Wildman–Crippen LogP) is 25.5. The Morgan fingerprint density at radius 3 is 0.845 bits per heavy atom. The molecule has 0 bridgehead atoms. The monoisotopic (exact) mass is 1180 g/mol. The molecule has 0 aromatic heterocycles. The lowest BCUT2D eigenvalue weighted by atomic mass is 10.0.